The molecule has 1 aromatic rings. The zero-order valence-electron chi connectivity index (χ0n) is 10.9. The van der Waals surface area contributed by atoms with E-state index in [1.165, 1.54) is 27.8 Å². The maximum Gasteiger partial charge on any atom is 0.401 e. The van der Waals surface area contributed by atoms with Gasteiger partial charge in [-0.25, -0.2) is 0 Å². The fourth-order valence-electron chi connectivity index (χ4n) is 1.71. The van der Waals surface area contributed by atoms with Gasteiger partial charge < -0.3 is 10.3 Å². The smallest absolute Gasteiger partial charge is 0.398 e. The van der Waals surface area contributed by atoms with E-state index in [2.05, 4.69) is 0 Å². The van der Waals surface area contributed by atoms with Crippen molar-refractivity contribution in [3.05, 3.63) is 28.7 Å². The third-order valence-electron chi connectivity index (χ3n) is 2.75. The van der Waals surface area contributed by atoms with E-state index in [0.717, 1.165) is 0 Å². The van der Waals surface area contributed by atoms with Gasteiger partial charge in [-0.2, -0.15) is 13.2 Å². The van der Waals surface area contributed by atoms with Gasteiger partial charge in [0.05, 0.1) is 6.54 Å². The van der Waals surface area contributed by atoms with Crippen LogP contribution in [0.3, 0.4) is 0 Å². The van der Waals surface area contributed by atoms with Crippen molar-refractivity contribution in [1.29, 1.82) is 0 Å². The summed E-state index contributed by atoms with van der Waals surface area (Å²) < 4.78 is 38.5. The van der Waals surface area contributed by atoms with Crippen molar-refractivity contribution in [2.24, 2.45) is 0 Å². The van der Waals surface area contributed by atoms with Crippen LogP contribution >= 0.6 is 0 Å². The third kappa shape index (κ3) is 5.34. The lowest BCUT2D eigenvalue weighted by Gasteiger charge is -2.27. The summed E-state index contributed by atoms with van der Waals surface area (Å²) >= 11 is 0. The predicted molar refractivity (Wildman–Crippen MR) is 67.9 cm³/mol. The number of anilines is 1. The highest BCUT2D eigenvalue weighted by Gasteiger charge is 2.31. The summed E-state index contributed by atoms with van der Waals surface area (Å²) in [4.78, 5) is 12.8. The van der Waals surface area contributed by atoms with Gasteiger partial charge in [0, 0.05) is 37.1 Å². The number of rotatable bonds is 5. The Balaban J connectivity index is 2.71. The average Bonchev–Trinajstić information content (AvgIpc) is 2.26. The molecule has 0 unspecified atom stereocenters. The molecule has 0 aromatic carbocycles. The van der Waals surface area contributed by atoms with E-state index in [1.54, 1.807) is 13.8 Å². The van der Waals surface area contributed by atoms with Crippen LogP contribution in [0.1, 0.15) is 13.8 Å². The maximum atomic E-state index is 12.4. The van der Waals surface area contributed by atoms with Gasteiger partial charge in [-0.3, -0.25) is 9.69 Å². The first-order valence-corrected chi connectivity index (χ1v) is 5.96. The molecule has 1 heterocycles. The van der Waals surface area contributed by atoms with Crippen LogP contribution in [0.5, 0.6) is 0 Å². The van der Waals surface area contributed by atoms with Gasteiger partial charge >= 0.3 is 6.18 Å². The summed E-state index contributed by atoms with van der Waals surface area (Å²) in [7, 11) is 0. The minimum atomic E-state index is -4.25. The molecule has 1 aromatic heterocycles. The van der Waals surface area contributed by atoms with Gasteiger partial charge in [-0.05, 0) is 19.9 Å². The van der Waals surface area contributed by atoms with Crippen LogP contribution in [0.15, 0.2) is 23.1 Å². The molecule has 0 aliphatic rings. The van der Waals surface area contributed by atoms with Crippen molar-refractivity contribution in [3.8, 4) is 0 Å². The number of nitrogens with two attached hydrogens (primary N) is 1. The molecule has 0 aliphatic heterocycles. The molecule has 0 amide bonds. The summed E-state index contributed by atoms with van der Waals surface area (Å²) in [6.07, 6.45) is -2.81. The molecule has 0 atom stereocenters. The van der Waals surface area contributed by atoms with E-state index in [0.29, 0.717) is 5.69 Å². The lowest BCUT2D eigenvalue weighted by atomic mass is 10.3. The summed E-state index contributed by atoms with van der Waals surface area (Å²) in [6, 6.07) is 2.52. The normalized spacial score (nSPS) is 12.4. The maximum absolute atomic E-state index is 12.4. The first kappa shape index (κ1) is 15.6. The van der Waals surface area contributed by atoms with Crippen LogP contribution in [0.4, 0.5) is 18.9 Å². The molecule has 19 heavy (non-hydrogen) atoms. The molecule has 1 rings (SSSR count). The SMILES string of the molecule is CC(C)N(CCn1cc(N)ccc1=O)CC(F)(F)F. The molecule has 108 valence electrons. The number of nitrogen functional groups attached to an aromatic ring is 1. The molecule has 0 saturated carbocycles. The molecule has 0 fully saturated rings. The van der Waals surface area contributed by atoms with E-state index in [9.17, 15) is 18.0 Å². The minimum Gasteiger partial charge on any atom is -0.398 e. The molecule has 0 spiro atoms. The van der Waals surface area contributed by atoms with E-state index in [-0.39, 0.29) is 24.7 Å². The second-order valence-corrected chi connectivity index (χ2v) is 4.67. The molecule has 0 bridgehead atoms. The van der Waals surface area contributed by atoms with Gasteiger partial charge in [0.15, 0.2) is 0 Å². The lowest BCUT2D eigenvalue weighted by Crippen LogP contribution is -2.41. The van der Waals surface area contributed by atoms with Crippen LogP contribution in [-0.2, 0) is 6.54 Å². The van der Waals surface area contributed by atoms with Crippen molar-refractivity contribution in [3.63, 3.8) is 0 Å². The Hall–Kier alpha value is -1.50. The molecule has 0 saturated heterocycles. The Bertz CT molecular complexity index is 468. The Labute approximate surface area is 109 Å². The summed E-state index contributed by atoms with van der Waals surface area (Å²) in [6.45, 7) is 2.71. The molecular formula is C12H18F3N3O. The highest BCUT2D eigenvalue weighted by atomic mass is 19.4. The van der Waals surface area contributed by atoms with Gasteiger partial charge in [0.25, 0.3) is 5.56 Å². The standard InChI is InChI=1S/C12H18F3N3O/c1-9(2)18(8-12(13,14)15)6-5-17-7-10(16)3-4-11(17)19/h3-4,7,9H,5-6,8,16H2,1-2H3. The fraction of sp³-hybridized carbons (Fsp3) is 0.583. The second kappa shape index (κ2) is 6.10. The van der Waals surface area contributed by atoms with Crippen molar-refractivity contribution < 1.29 is 13.2 Å². The third-order valence-corrected chi connectivity index (χ3v) is 2.75. The zero-order chi connectivity index (χ0) is 14.6. The van der Waals surface area contributed by atoms with Crippen molar-refractivity contribution in [1.82, 2.24) is 9.47 Å². The van der Waals surface area contributed by atoms with Gasteiger partial charge in [0.1, 0.15) is 0 Å². The Morgan fingerprint density at radius 2 is 2.00 bits per heavy atom. The minimum absolute atomic E-state index is 0.139. The quantitative estimate of drug-likeness (QED) is 0.891. The van der Waals surface area contributed by atoms with E-state index < -0.39 is 12.7 Å². The van der Waals surface area contributed by atoms with Gasteiger partial charge in [0.2, 0.25) is 0 Å². The van der Waals surface area contributed by atoms with Crippen molar-refractivity contribution in [2.75, 3.05) is 18.8 Å². The number of alkyl halides is 3. The molecule has 4 nitrogen and oxygen atoms in total. The number of aromatic nitrogens is 1. The number of hydrogen-bond acceptors (Lipinski definition) is 3. The number of hydrogen-bond donors (Lipinski definition) is 1. The topological polar surface area (TPSA) is 51.3 Å². The predicted octanol–water partition coefficient (Wildman–Crippen LogP) is 1.70. The summed E-state index contributed by atoms with van der Waals surface area (Å²) in [5.41, 5.74) is 5.68. The van der Waals surface area contributed by atoms with Crippen LogP contribution in [0, 0.1) is 0 Å². The van der Waals surface area contributed by atoms with E-state index >= 15 is 0 Å². The number of halogens is 3. The summed E-state index contributed by atoms with van der Waals surface area (Å²) in [5, 5.41) is 0. The molecule has 0 radical (unpaired) electrons. The van der Waals surface area contributed by atoms with E-state index in [1.807, 2.05) is 0 Å². The largest absolute Gasteiger partial charge is 0.401 e. The zero-order valence-corrected chi connectivity index (χ0v) is 10.9. The van der Waals surface area contributed by atoms with Crippen LogP contribution < -0.4 is 11.3 Å². The first-order valence-electron chi connectivity index (χ1n) is 5.96. The fourth-order valence-corrected chi connectivity index (χ4v) is 1.71. The highest BCUT2D eigenvalue weighted by molar-refractivity contribution is 5.33. The van der Waals surface area contributed by atoms with Gasteiger partial charge in [-0.15, -0.1) is 0 Å². The first-order chi connectivity index (χ1) is 8.69. The van der Waals surface area contributed by atoms with Crippen LogP contribution in [0.25, 0.3) is 0 Å². The Kier molecular flexibility index (Phi) is 4.99. The summed E-state index contributed by atoms with van der Waals surface area (Å²) in [5.74, 6) is 0. The monoisotopic (exact) mass is 277 g/mol. The molecule has 0 aliphatic carbocycles. The van der Waals surface area contributed by atoms with E-state index in [4.69, 9.17) is 5.73 Å². The molecule has 7 heteroatoms. The number of nitrogens with zero attached hydrogens (tertiary/aromatic N) is 2. The second-order valence-electron chi connectivity index (χ2n) is 4.67. The van der Waals surface area contributed by atoms with Gasteiger partial charge in [-0.1, -0.05) is 0 Å². The Morgan fingerprint density at radius 3 is 2.53 bits per heavy atom. The van der Waals surface area contributed by atoms with Crippen molar-refractivity contribution >= 4 is 5.69 Å². The van der Waals surface area contributed by atoms with Crippen molar-refractivity contribution in [2.45, 2.75) is 32.6 Å². The highest BCUT2D eigenvalue weighted by Crippen LogP contribution is 2.17. The van der Waals surface area contributed by atoms with Crippen LogP contribution in [-0.4, -0.2) is 34.8 Å². The lowest BCUT2D eigenvalue weighted by molar-refractivity contribution is -0.149. The molecule has 2 N–H and O–H groups in total. The average molecular weight is 277 g/mol. The Morgan fingerprint density at radius 1 is 1.37 bits per heavy atom. The number of pyridine rings is 1. The molecular weight excluding hydrogens is 259 g/mol. The van der Waals surface area contributed by atoms with Crippen LogP contribution in [0.2, 0.25) is 0 Å².